The minimum absolute atomic E-state index is 0.372. The molecular weight excluding hydrogens is 385 g/mol. The maximum Gasteiger partial charge on any atom is 0.352 e. The first-order valence-corrected chi connectivity index (χ1v) is 13.0. The molecule has 0 aliphatic carbocycles. The van der Waals surface area contributed by atoms with E-state index in [9.17, 15) is 0 Å². The summed E-state index contributed by atoms with van der Waals surface area (Å²) < 4.78 is 29.1. The Labute approximate surface area is 130 Å². The molecule has 1 aromatic rings. The van der Waals surface area contributed by atoms with Gasteiger partial charge in [0.1, 0.15) is 5.75 Å². The van der Waals surface area contributed by atoms with E-state index in [1.807, 2.05) is 18.2 Å². The third kappa shape index (κ3) is 3.45. The van der Waals surface area contributed by atoms with Gasteiger partial charge in [-0.05, 0) is 45.9 Å². The van der Waals surface area contributed by atoms with Crippen molar-refractivity contribution in [2.24, 2.45) is 13.5 Å². The second kappa shape index (κ2) is 5.61. The summed E-state index contributed by atoms with van der Waals surface area (Å²) in [6.45, 7) is -2.36. The summed E-state index contributed by atoms with van der Waals surface area (Å²) >= 11 is 18.6. The van der Waals surface area contributed by atoms with Crippen LogP contribution in [0.4, 0.5) is 0 Å². The summed E-state index contributed by atoms with van der Waals surface area (Å²) in [4.78, 5) is 0. The number of nitrogens with zero attached hydrogens (tertiary/aromatic N) is 3. The highest BCUT2D eigenvalue weighted by atomic mass is 35.9. The quantitative estimate of drug-likeness (QED) is 0.525. The van der Waals surface area contributed by atoms with Gasteiger partial charge in [0.25, 0.3) is 5.91 Å². The summed E-state index contributed by atoms with van der Waals surface area (Å²) in [7, 11) is -2.89. The highest BCUT2D eigenvalue weighted by molar-refractivity contribution is 8.15. The van der Waals surface area contributed by atoms with Crippen LogP contribution in [0.25, 0.3) is 0 Å². The van der Waals surface area contributed by atoms with Gasteiger partial charge in [0.15, 0.2) is 0 Å². The van der Waals surface area contributed by atoms with Gasteiger partial charge in [-0.15, -0.1) is 4.52 Å². The number of hydrogen-bond donors (Lipinski definition) is 0. The van der Waals surface area contributed by atoms with E-state index < -0.39 is 20.4 Å². The first-order chi connectivity index (χ1) is 9.41. The monoisotopic (exact) mass is 393 g/mol. The van der Waals surface area contributed by atoms with Crippen LogP contribution in [0.5, 0.6) is 5.75 Å². The van der Waals surface area contributed by atoms with Crippen LogP contribution in [0, 0.1) is 0 Å². The van der Waals surface area contributed by atoms with E-state index >= 15 is 0 Å². The molecule has 20 heavy (non-hydrogen) atoms. The highest BCUT2D eigenvalue weighted by Gasteiger charge is 2.40. The minimum atomic E-state index is -3.11. The second-order valence-electron chi connectivity index (χ2n) is 3.76. The van der Waals surface area contributed by atoms with Gasteiger partial charge in [-0.2, -0.15) is 9.03 Å². The zero-order chi connectivity index (χ0) is 14.3. The Kier molecular flexibility index (Phi) is 4.32. The van der Waals surface area contributed by atoms with Crippen molar-refractivity contribution in [3.63, 3.8) is 0 Å². The van der Waals surface area contributed by atoms with Crippen LogP contribution in [0.3, 0.4) is 0 Å². The Bertz CT molecular complexity index is 680. The highest BCUT2D eigenvalue weighted by Crippen LogP contribution is 2.84. The van der Waals surface area contributed by atoms with Crippen molar-refractivity contribution in [1.29, 1.82) is 0 Å². The molecule has 1 atom stereocenters. The SMILES string of the molecule is ClP1(Cl)=N[P@](Cl)(Oc2ccccc2)=NP2(=N1)OCCO2. The molecule has 0 unspecified atom stereocenters. The fourth-order valence-electron chi connectivity index (χ4n) is 1.57. The Morgan fingerprint density at radius 1 is 0.950 bits per heavy atom. The van der Waals surface area contributed by atoms with Crippen LogP contribution in [0.2, 0.25) is 0 Å². The first-order valence-electron chi connectivity index (χ1n) is 5.45. The maximum atomic E-state index is 6.39. The molecule has 0 N–H and O–H groups in total. The van der Waals surface area contributed by atoms with Crippen LogP contribution in [-0.2, 0) is 9.05 Å². The predicted octanol–water partition coefficient (Wildman–Crippen LogP) is 6.68. The molecule has 0 radical (unpaired) electrons. The van der Waals surface area contributed by atoms with Gasteiger partial charge in [-0.1, -0.05) is 18.2 Å². The van der Waals surface area contributed by atoms with Gasteiger partial charge in [0.05, 0.1) is 13.2 Å². The first kappa shape index (κ1) is 15.4. The Balaban J connectivity index is 2.06. The lowest BCUT2D eigenvalue weighted by molar-refractivity contribution is 0.365. The smallest absolute Gasteiger partial charge is 0.352 e. The number of para-hydroxylation sites is 1. The molecule has 1 saturated heterocycles. The van der Waals surface area contributed by atoms with Crippen molar-refractivity contribution >= 4 is 54.1 Å². The van der Waals surface area contributed by atoms with Crippen molar-refractivity contribution in [2.45, 2.75) is 0 Å². The molecular formula is C8H9Cl3N3O3P3. The van der Waals surface area contributed by atoms with Crippen LogP contribution in [0.1, 0.15) is 0 Å². The molecule has 0 aromatic heterocycles. The zero-order valence-corrected chi connectivity index (χ0v) is 14.8. The third-order valence-electron chi connectivity index (χ3n) is 2.23. The van der Waals surface area contributed by atoms with Crippen molar-refractivity contribution in [3.8, 4) is 5.75 Å². The van der Waals surface area contributed by atoms with E-state index in [4.69, 9.17) is 47.3 Å². The lowest BCUT2D eigenvalue weighted by atomic mass is 10.3. The number of hydrogen-bond acceptors (Lipinski definition) is 6. The summed E-state index contributed by atoms with van der Waals surface area (Å²) in [6.07, 6.45) is 0. The van der Waals surface area contributed by atoms with Crippen molar-refractivity contribution < 1.29 is 13.6 Å². The second-order valence-corrected chi connectivity index (χ2v) is 14.1. The molecule has 3 rings (SSSR count). The van der Waals surface area contributed by atoms with Gasteiger partial charge in [-0.3, -0.25) is 0 Å². The number of halogens is 3. The number of benzene rings is 1. The normalized spacial score (nSPS) is 30.1. The summed E-state index contributed by atoms with van der Waals surface area (Å²) in [5.41, 5.74) is 0. The lowest BCUT2D eigenvalue weighted by Gasteiger charge is -2.23. The molecule has 1 fully saturated rings. The molecule has 0 bridgehead atoms. The van der Waals surface area contributed by atoms with E-state index in [0.29, 0.717) is 19.0 Å². The predicted molar refractivity (Wildman–Crippen MR) is 84.6 cm³/mol. The van der Waals surface area contributed by atoms with Gasteiger partial charge in [-0.25, -0.2) is 0 Å². The third-order valence-corrected chi connectivity index (χ3v) is 12.9. The van der Waals surface area contributed by atoms with Crippen LogP contribution >= 0.6 is 54.1 Å². The molecule has 2 aliphatic heterocycles. The molecule has 2 aliphatic rings. The summed E-state index contributed by atoms with van der Waals surface area (Å²) in [5.74, 6) is -2.49. The molecule has 0 amide bonds. The van der Waals surface area contributed by atoms with Crippen LogP contribution in [0.15, 0.2) is 43.9 Å². The average molecular weight is 394 g/mol. The van der Waals surface area contributed by atoms with Gasteiger partial charge in [0.2, 0.25) is 0 Å². The lowest BCUT2D eigenvalue weighted by Crippen LogP contribution is -1.89. The fourth-order valence-corrected chi connectivity index (χ4v) is 14.1. The Hall–Kier alpha value is 0.500. The minimum Gasteiger partial charge on any atom is -0.431 e. The Morgan fingerprint density at radius 2 is 1.60 bits per heavy atom. The summed E-state index contributed by atoms with van der Waals surface area (Å²) in [6, 6.07) is 8.96. The van der Waals surface area contributed by atoms with Gasteiger partial charge >= 0.3 is 14.4 Å². The largest absolute Gasteiger partial charge is 0.431 e. The van der Waals surface area contributed by atoms with E-state index in [2.05, 4.69) is 13.5 Å². The van der Waals surface area contributed by atoms with Crippen molar-refractivity contribution in [2.75, 3.05) is 13.2 Å². The molecule has 110 valence electrons. The fraction of sp³-hybridized carbons (Fsp3) is 0.250. The van der Waals surface area contributed by atoms with Gasteiger partial charge in [0, 0.05) is 0 Å². The zero-order valence-electron chi connectivity index (χ0n) is 9.84. The standard InChI is InChI=1S/C8H9Cl3N3O3P3/c9-18(10)12-19(11,17-8-4-2-1-3-5-8)14-20(13-18)15-6-7-16-20/h1-5H,6-7H2/t19-/m0/s1. The summed E-state index contributed by atoms with van der Waals surface area (Å²) in [5, 5.41) is 0. The maximum absolute atomic E-state index is 6.39. The van der Waals surface area contributed by atoms with E-state index in [-0.39, 0.29) is 0 Å². The van der Waals surface area contributed by atoms with Crippen LogP contribution in [-0.4, -0.2) is 13.2 Å². The van der Waals surface area contributed by atoms with E-state index in [1.54, 1.807) is 12.1 Å². The molecule has 12 heteroatoms. The molecule has 1 spiro atoms. The topological polar surface area (TPSA) is 64.8 Å². The van der Waals surface area contributed by atoms with Crippen molar-refractivity contribution in [1.82, 2.24) is 0 Å². The van der Waals surface area contributed by atoms with Crippen molar-refractivity contribution in [3.05, 3.63) is 30.3 Å². The average Bonchev–Trinajstić information content (AvgIpc) is 2.74. The van der Waals surface area contributed by atoms with E-state index in [0.717, 1.165) is 0 Å². The molecule has 6 nitrogen and oxygen atoms in total. The van der Waals surface area contributed by atoms with Gasteiger partial charge < -0.3 is 13.6 Å². The number of rotatable bonds is 2. The Morgan fingerprint density at radius 3 is 2.25 bits per heavy atom. The molecule has 0 saturated carbocycles. The molecule has 1 aromatic carbocycles. The van der Waals surface area contributed by atoms with Crippen LogP contribution < -0.4 is 4.52 Å². The van der Waals surface area contributed by atoms with E-state index in [1.165, 1.54) is 0 Å². The molecule has 2 heterocycles.